The Balaban J connectivity index is 2.90. The minimum Gasteiger partial charge on any atom is -0.347 e. The molecule has 0 aliphatic heterocycles. The zero-order chi connectivity index (χ0) is 8.27. The maximum absolute atomic E-state index is 11.2. The van der Waals surface area contributed by atoms with Gasteiger partial charge in [0.05, 0.1) is 0 Å². The summed E-state index contributed by atoms with van der Waals surface area (Å²) < 4.78 is 11.2. The van der Waals surface area contributed by atoms with Crippen LogP contribution < -0.4 is 5.73 Å². The molecule has 11 heavy (non-hydrogen) atoms. The van der Waals surface area contributed by atoms with Gasteiger partial charge in [-0.05, 0) is 19.1 Å². The van der Waals surface area contributed by atoms with E-state index in [9.17, 15) is 4.21 Å². The van der Waals surface area contributed by atoms with Crippen LogP contribution in [0.25, 0.3) is 0 Å². The highest BCUT2D eigenvalue weighted by Crippen LogP contribution is 2.06. The van der Waals surface area contributed by atoms with E-state index in [2.05, 4.69) is 5.73 Å². The third-order valence-electron chi connectivity index (χ3n) is 1.47. The van der Waals surface area contributed by atoms with E-state index in [1.807, 2.05) is 31.2 Å². The number of quaternary nitrogens is 1. The molecule has 0 saturated heterocycles. The zero-order valence-corrected chi connectivity index (χ0v) is 7.36. The SMILES string of the molecule is Cc1ccc(S(=O)C[NH3+])cc1. The molecular formula is C8H12NOS+. The summed E-state index contributed by atoms with van der Waals surface area (Å²) in [5.74, 6) is 0.447. The summed E-state index contributed by atoms with van der Waals surface area (Å²) >= 11 is 0. The van der Waals surface area contributed by atoms with Crippen LogP contribution in [0.15, 0.2) is 29.2 Å². The lowest BCUT2D eigenvalue weighted by Gasteiger charge is -1.96. The number of benzene rings is 1. The molecule has 60 valence electrons. The van der Waals surface area contributed by atoms with Crippen LogP contribution >= 0.6 is 0 Å². The fourth-order valence-electron chi connectivity index (χ4n) is 0.808. The molecule has 1 unspecified atom stereocenters. The molecule has 3 heteroatoms. The van der Waals surface area contributed by atoms with Crippen LogP contribution in [-0.2, 0) is 10.8 Å². The molecule has 0 bridgehead atoms. The van der Waals surface area contributed by atoms with Crippen molar-refractivity contribution in [3.05, 3.63) is 29.8 Å². The highest BCUT2D eigenvalue weighted by atomic mass is 32.2. The molecule has 1 aromatic carbocycles. The summed E-state index contributed by atoms with van der Waals surface area (Å²) in [7, 11) is -0.910. The predicted molar refractivity (Wildman–Crippen MR) is 45.3 cm³/mol. The van der Waals surface area contributed by atoms with Gasteiger partial charge in [0.25, 0.3) is 0 Å². The lowest BCUT2D eigenvalue weighted by Crippen LogP contribution is -2.52. The molecule has 1 rings (SSSR count). The Kier molecular flexibility index (Phi) is 2.79. The van der Waals surface area contributed by atoms with Crippen LogP contribution in [0.2, 0.25) is 0 Å². The summed E-state index contributed by atoms with van der Waals surface area (Å²) in [4.78, 5) is 0.866. The van der Waals surface area contributed by atoms with Crippen molar-refractivity contribution in [1.82, 2.24) is 0 Å². The van der Waals surface area contributed by atoms with Crippen molar-refractivity contribution in [3.63, 3.8) is 0 Å². The van der Waals surface area contributed by atoms with Crippen molar-refractivity contribution in [1.29, 1.82) is 0 Å². The van der Waals surface area contributed by atoms with Gasteiger partial charge in [-0.3, -0.25) is 0 Å². The maximum atomic E-state index is 11.2. The van der Waals surface area contributed by atoms with Gasteiger partial charge >= 0.3 is 0 Å². The summed E-state index contributed by atoms with van der Waals surface area (Å²) in [6.45, 7) is 2.01. The van der Waals surface area contributed by atoms with E-state index in [0.717, 1.165) is 4.90 Å². The van der Waals surface area contributed by atoms with Gasteiger partial charge in [0.15, 0.2) is 5.88 Å². The van der Waals surface area contributed by atoms with Crippen LogP contribution in [0.5, 0.6) is 0 Å². The fraction of sp³-hybridized carbons (Fsp3) is 0.250. The molecule has 1 atom stereocenters. The summed E-state index contributed by atoms with van der Waals surface area (Å²) in [6.07, 6.45) is 0. The van der Waals surface area contributed by atoms with Gasteiger partial charge in [0.1, 0.15) is 10.8 Å². The molecule has 0 amide bonds. The van der Waals surface area contributed by atoms with Crippen LogP contribution in [0.4, 0.5) is 0 Å². The Morgan fingerprint density at radius 2 is 1.91 bits per heavy atom. The van der Waals surface area contributed by atoms with Crippen LogP contribution in [0.3, 0.4) is 0 Å². The molecular weight excluding hydrogens is 158 g/mol. The molecule has 0 spiro atoms. The van der Waals surface area contributed by atoms with Crippen molar-refractivity contribution >= 4 is 10.8 Å². The van der Waals surface area contributed by atoms with Crippen molar-refractivity contribution in [3.8, 4) is 0 Å². The lowest BCUT2D eigenvalue weighted by molar-refractivity contribution is -0.339. The van der Waals surface area contributed by atoms with Crippen LogP contribution in [0.1, 0.15) is 5.56 Å². The molecule has 1 aromatic rings. The maximum Gasteiger partial charge on any atom is 0.154 e. The standard InChI is InChI=1S/C8H11NOS/c1-7-2-4-8(5-3-7)11(10)6-9/h2-5H,6,9H2,1H3/p+1. The van der Waals surface area contributed by atoms with Crippen LogP contribution in [-0.4, -0.2) is 10.1 Å². The van der Waals surface area contributed by atoms with Crippen molar-refractivity contribution in [2.45, 2.75) is 11.8 Å². The molecule has 0 fully saturated rings. The van der Waals surface area contributed by atoms with Gasteiger partial charge in [-0.25, -0.2) is 4.21 Å². The van der Waals surface area contributed by atoms with E-state index >= 15 is 0 Å². The highest BCUT2D eigenvalue weighted by Gasteiger charge is 2.00. The average Bonchev–Trinajstić information content (AvgIpc) is 2.05. The van der Waals surface area contributed by atoms with Crippen molar-refractivity contribution < 1.29 is 9.94 Å². The Morgan fingerprint density at radius 3 is 2.36 bits per heavy atom. The van der Waals surface area contributed by atoms with E-state index in [-0.39, 0.29) is 0 Å². The molecule has 0 aliphatic rings. The Morgan fingerprint density at radius 1 is 1.36 bits per heavy atom. The zero-order valence-electron chi connectivity index (χ0n) is 6.54. The number of hydrogen-bond donors (Lipinski definition) is 1. The molecule has 3 N–H and O–H groups in total. The minimum absolute atomic E-state index is 0.447. The topological polar surface area (TPSA) is 44.7 Å². The number of aryl methyl sites for hydroxylation is 1. The first-order chi connectivity index (χ1) is 5.24. The Labute approximate surface area is 68.9 Å². The van der Waals surface area contributed by atoms with E-state index < -0.39 is 10.8 Å². The van der Waals surface area contributed by atoms with E-state index in [4.69, 9.17) is 0 Å². The second kappa shape index (κ2) is 3.64. The molecule has 0 radical (unpaired) electrons. The smallest absolute Gasteiger partial charge is 0.154 e. The normalized spacial score (nSPS) is 12.9. The molecule has 0 aromatic heterocycles. The molecule has 2 nitrogen and oxygen atoms in total. The highest BCUT2D eigenvalue weighted by molar-refractivity contribution is 7.84. The third kappa shape index (κ3) is 2.13. The van der Waals surface area contributed by atoms with E-state index in [0.29, 0.717) is 5.88 Å². The van der Waals surface area contributed by atoms with E-state index in [1.54, 1.807) is 0 Å². The minimum atomic E-state index is -0.910. The molecule has 0 heterocycles. The van der Waals surface area contributed by atoms with Crippen molar-refractivity contribution in [2.24, 2.45) is 0 Å². The van der Waals surface area contributed by atoms with Gasteiger partial charge in [-0.15, -0.1) is 0 Å². The van der Waals surface area contributed by atoms with Gasteiger partial charge in [0.2, 0.25) is 0 Å². The number of rotatable bonds is 2. The summed E-state index contributed by atoms with van der Waals surface area (Å²) in [6, 6.07) is 7.69. The quantitative estimate of drug-likeness (QED) is 0.681. The predicted octanol–water partition coefficient (Wildman–Crippen LogP) is 0.302. The Bertz CT molecular complexity index is 255. The van der Waals surface area contributed by atoms with Gasteiger partial charge < -0.3 is 5.73 Å². The Hall–Kier alpha value is -0.670. The largest absolute Gasteiger partial charge is 0.347 e. The molecule has 0 saturated carbocycles. The van der Waals surface area contributed by atoms with Crippen LogP contribution in [0, 0.1) is 6.92 Å². The first kappa shape index (κ1) is 8.43. The third-order valence-corrected chi connectivity index (χ3v) is 2.64. The molecule has 0 aliphatic carbocycles. The monoisotopic (exact) mass is 170 g/mol. The fourth-order valence-corrected chi connectivity index (χ4v) is 1.48. The van der Waals surface area contributed by atoms with Gasteiger partial charge in [0, 0.05) is 4.90 Å². The van der Waals surface area contributed by atoms with E-state index in [1.165, 1.54) is 5.56 Å². The first-order valence-corrected chi connectivity index (χ1v) is 4.80. The van der Waals surface area contributed by atoms with Gasteiger partial charge in [-0.2, -0.15) is 0 Å². The number of hydrogen-bond acceptors (Lipinski definition) is 1. The summed E-state index contributed by atoms with van der Waals surface area (Å²) in [5, 5.41) is 0. The second-order valence-corrected chi connectivity index (χ2v) is 3.93. The average molecular weight is 170 g/mol. The van der Waals surface area contributed by atoms with Gasteiger partial charge in [-0.1, -0.05) is 17.7 Å². The second-order valence-electron chi connectivity index (χ2n) is 2.36. The first-order valence-electron chi connectivity index (χ1n) is 3.48. The lowest BCUT2D eigenvalue weighted by atomic mass is 10.2. The summed E-state index contributed by atoms with van der Waals surface area (Å²) in [5.41, 5.74) is 4.77. The van der Waals surface area contributed by atoms with Crippen molar-refractivity contribution in [2.75, 3.05) is 5.88 Å².